The van der Waals surface area contributed by atoms with Gasteiger partial charge in [-0.25, -0.2) is 14.8 Å². The maximum absolute atomic E-state index is 12.4. The molecule has 0 bridgehead atoms. The van der Waals surface area contributed by atoms with Crippen molar-refractivity contribution in [2.24, 2.45) is 0 Å². The second-order valence-corrected chi connectivity index (χ2v) is 10.2. The van der Waals surface area contributed by atoms with Gasteiger partial charge in [0.15, 0.2) is 5.15 Å². The molecule has 1 amide bonds. The molecular formula is C27H30ClN5O2. The van der Waals surface area contributed by atoms with Crippen LogP contribution in [0.25, 0.3) is 33.3 Å². The molecule has 0 unspecified atom stereocenters. The molecule has 0 N–H and O–H groups in total. The number of fused-ring (bicyclic) bond motifs is 3. The highest BCUT2D eigenvalue weighted by molar-refractivity contribution is 6.35. The van der Waals surface area contributed by atoms with E-state index in [9.17, 15) is 4.79 Å². The lowest BCUT2D eigenvalue weighted by Gasteiger charge is -2.35. The first-order chi connectivity index (χ1) is 16.8. The molecule has 182 valence electrons. The van der Waals surface area contributed by atoms with Crippen LogP contribution in [0.2, 0.25) is 5.15 Å². The highest BCUT2D eigenvalue weighted by atomic mass is 35.5. The Morgan fingerprint density at radius 1 is 0.943 bits per heavy atom. The molecule has 1 aliphatic rings. The van der Waals surface area contributed by atoms with Crippen LogP contribution in [0.1, 0.15) is 20.8 Å². The fraction of sp³-hybridized carbons (Fsp3) is 0.370. The molecular weight excluding hydrogens is 462 g/mol. The molecule has 0 spiro atoms. The van der Waals surface area contributed by atoms with Crippen LogP contribution in [-0.4, -0.2) is 68.8 Å². The summed E-state index contributed by atoms with van der Waals surface area (Å²) >= 11 is 6.60. The van der Waals surface area contributed by atoms with E-state index in [2.05, 4.69) is 32.7 Å². The van der Waals surface area contributed by atoms with E-state index in [1.807, 2.05) is 57.2 Å². The smallest absolute Gasteiger partial charge is 0.410 e. The van der Waals surface area contributed by atoms with E-state index >= 15 is 0 Å². The van der Waals surface area contributed by atoms with Crippen LogP contribution >= 0.6 is 11.6 Å². The molecule has 5 rings (SSSR count). The van der Waals surface area contributed by atoms with Crippen molar-refractivity contribution in [2.75, 3.05) is 32.7 Å². The van der Waals surface area contributed by atoms with Gasteiger partial charge in [0.25, 0.3) is 0 Å². The van der Waals surface area contributed by atoms with E-state index < -0.39 is 5.60 Å². The molecule has 1 saturated heterocycles. The van der Waals surface area contributed by atoms with E-state index in [0.717, 1.165) is 59.5 Å². The van der Waals surface area contributed by atoms with Crippen LogP contribution in [0.4, 0.5) is 4.79 Å². The molecule has 1 fully saturated rings. The number of hydrogen-bond donors (Lipinski definition) is 0. The molecule has 8 heteroatoms. The number of amides is 1. The number of carbonyl (C=O) groups excluding carboxylic acids is 1. The molecule has 2 aromatic carbocycles. The number of aromatic nitrogens is 3. The second kappa shape index (κ2) is 9.47. The zero-order valence-electron chi connectivity index (χ0n) is 20.4. The number of para-hydroxylation sites is 1. The third kappa shape index (κ3) is 4.97. The molecule has 0 saturated carbocycles. The molecule has 4 aromatic rings. The summed E-state index contributed by atoms with van der Waals surface area (Å²) in [5.41, 5.74) is 3.14. The Morgan fingerprint density at radius 2 is 1.63 bits per heavy atom. The minimum Gasteiger partial charge on any atom is -0.444 e. The molecule has 0 radical (unpaired) electrons. The van der Waals surface area contributed by atoms with Crippen molar-refractivity contribution < 1.29 is 9.53 Å². The monoisotopic (exact) mass is 491 g/mol. The Kier molecular flexibility index (Phi) is 6.38. The molecule has 2 aromatic heterocycles. The Balaban J connectivity index is 1.42. The Morgan fingerprint density at radius 3 is 2.34 bits per heavy atom. The van der Waals surface area contributed by atoms with Crippen LogP contribution < -0.4 is 0 Å². The average Bonchev–Trinajstić information content (AvgIpc) is 3.23. The normalized spacial score (nSPS) is 15.1. The van der Waals surface area contributed by atoms with Gasteiger partial charge in [-0.1, -0.05) is 60.1 Å². The lowest BCUT2D eigenvalue weighted by Crippen LogP contribution is -2.50. The number of pyridine rings is 1. The number of benzene rings is 2. The fourth-order valence-corrected chi connectivity index (χ4v) is 4.77. The summed E-state index contributed by atoms with van der Waals surface area (Å²) in [5.74, 6) is 0.882. The third-order valence-corrected chi connectivity index (χ3v) is 6.50. The number of hydrogen-bond acceptors (Lipinski definition) is 5. The molecule has 1 aliphatic heterocycles. The number of nitrogens with zero attached hydrogens (tertiary/aromatic N) is 5. The van der Waals surface area contributed by atoms with Crippen LogP contribution in [-0.2, 0) is 11.3 Å². The third-order valence-electron chi connectivity index (χ3n) is 6.24. The van der Waals surface area contributed by atoms with Gasteiger partial charge in [-0.15, -0.1) is 0 Å². The van der Waals surface area contributed by atoms with Gasteiger partial charge in [0.05, 0.1) is 11.0 Å². The first-order valence-corrected chi connectivity index (χ1v) is 12.4. The highest BCUT2D eigenvalue weighted by Gasteiger charge is 2.26. The number of halogens is 1. The maximum atomic E-state index is 12.4. The topological polar surface area (TPSA) is 63.5 Å². The lowest BCUT2D eigenvalue weighted by atomic mass is 10.2. The summed E-state index contributed by atoms with van der Waals surface area (Å²) in [6.45, 7) is 10.2. The summed E-state index contributed by atoms with van der Waals surface area (Å²) in [6.07, 6.45) is -0.238. The average molecular weight is 492 g/mol. The lowest BCUT2D eigenvalue weighted by molar-refractivity contribution is 0.0143. The largest absolute Gasteiger partial charge is 0.444 e. The number of rotatable bonds is 4. The van der Waals surface area contributed by atoms with Crippen molar-refractivity contribution in [3.8, 4) is 11.4 Å². The highest BCUT2D eigenvalue weighted by Crippen LogP contribution is 2.33. The number of carbonyl (C=O) groups is 1. The Hall–Kier alpha value is -3.16. The minimum absolute atomic E-state index is 0.238. The van der Waals surface area contributed by atoms with Gasteiger partial charge in [-0.05, 0) is 26.8 Å². The predicted octanol–water partition coefficient (Wildman–Crippen LogP) is 5.46. The van der Waals surface area contributed by atoms with Gasteiger partial charge in [-0.2, -0.15) is 0 Å². The minimum atomic E-state index is -0.483. The standard InChI is InChI=1S/C27H30ClN5O2/c1-27(2,3)35-26(34)32-16-13-31(14-17-32)15-18-33-23-20-11-7-8-12-21(20)29-24(28)22(23)30-25(33)19-9-5-4-6-10-19/h4-12H,13-18H2,1-3H3. The van der Waals surface area contributed by atoms with Gasteiger partial charge in [0.1, 0.15) is 16.9 Å². The van der Waals surface area contributed by atoms with Gasteiger partial charge >= 0.3 is 6.09 Å². The summed E-state index contributed by atoms with van der Waals surface area (Å²) in [4.78, 5) is 26.1. The molecule has 0 atom stereocenters. The van der Waals surface area contributed by atoms with Gasteiger partial charge in [0, 0.05) is 50.2 Å². The summed E-state index contributed by atoms with van der Waals surface area (Å²) < 4.78 is 7.80. The number of piperazine rings is 1. The summed E-state index contributed by atoms with van der Waals surface area (Å²) in [7, 11) is 0. The van der Waals surface area contributed by atoms with Crippen LogP contribution in [0.3, 0.4) is 0 Å². The SMILES string of the molecule is CC(C)(C)OC(=O)N1CCN(CCn2c(-c3ccccc3)nc3c(Cl)nc4ccccc4c32)CC1. The first kappa shape index (κ1) is 23.6. The van der Waals surface area contributed by atoms with E-state index in [0.29, 0.717) is 18.2 Å². The van der Waals surface area contributed by atoms with Gasteiger partial charge in [0.2, 0.25) is 0 Å². The Bertz CT molecular complexity index is 1360. The number of ether oxygens (including phenoxy) is 1. The van der Waals surface area contributed by atoms with E-state index in [1.54, 1.807) is 4.90 Å². The maximum Gasteiger partial charge on any atom is 0.410 e. The van der Waals surface area contributed by atoms with Gasteiger partial charge < -0.3 is 14.2 Å². The predicted molar refractivity (Wildman–Crippen MR) is 140 cm³/mol. The van der Waals surface area contributed by atoms with E-state index in [-0.39, 0.29) is 6.09 Å². The number of imidazole rings is 1. The van der Waals surface area contributed by atoms with E-state index in [1.165, 1.54) is 0 Å². The van der Waals surface area contributed by atoms with Crippen molar-refractivity contribution in [2.45, 2.75) is 32.9 Å². The molecule has 3 heterocycles. The Labute approximate surface area is 210 Å². The molecule has 7 nitrogen and oxygen atoms in total. The zero-order valence-corrected chi connectivity index (χ0v) is 21.1. The van der Waals surface area contributed by atoms with Crippen LogP contribution in [0.15, 0.2) is 54.6 Å². The first-order valence-electron chi connectivity index (χ1n) is 12.0. The van der Waals surface area contributed by atoms with Crippen molar-refractivity contribution in [1.82, 2.24) is 24.3 Å². The van der Waals surface area contributed by atoms with Crippen LogP contribution in [0.5, 0.6) is 0 Å². The van der Waals surface area contributed by atoms with E-state index in [4.69, 9.17) is 21.3 Å². The summed E-state index contributed by atoms with van der Waals surface area (Å²) in [6, 6.07) is 18.2. The second-order valence-electron chi connectivity index (χ2n) is 9.88. The fourth-order valence-electron chi connectivity index (χ4n) is 4.55. The zero-order chi connectivity index (χ0) is 24.6. The van der Waals surface area contributed by atoms with Gasteiger partial charge in [-0.3, -0.25) is 4.90 Å². The summed E-state index contributed by atoms with van der Waals surface area (Å²) in [5, 5.41) is 1.46. The van der Waals surface area contributed by atoms with Crippen molar-refractivity contribution in [3.63, 3.8) is 0 Å². The van der Waals surface area contributed by atoms with Crippen molar-refractivity contribution >= 4 is 39.6 Å². The molecule has 0 aliphatic carbocycles. The van der Waals surface area contributed by atoms with Crippen molar-refractivity contribution in [3.05, 3.63) is 59.8 Å². The molecule has 35 heavy (non-hydrogen) atoms. The quantitative estimate of drug-likeness (QED) is 0.355. The van der Waals surface area contributed by atoms with Crippen molar-refractivity contribution in [1.29, 1.82) is 0 Å². The van der Waals surface area contributed by atoms with Crippen LogP contribution in [0, 0.1) is 0 Å².